The average molecular weight is 300 g/mol. The van der Waals surface area contributed by atoms with Crippen LogP contribution in [-0.4, -0.2) is 31.1 Å². The molecule has 1 fully saturated rings. The lowest BCUT2D eigenvalue weighted by molar-refractivity contribution is -0.914. The maximum Gasteiger partial charge on any atom is 0.308 e. The van der Waals surface area contributed by atoms with Crippen molar-refractivity contribution in [1.29, 1.82) is 0 Å². The summed E-state index contributed by atoms with van der Waals surface area (Å²) in [5.41, 5.74) is 1.46. The Hall–Kier alpha value is -2.47. The van der Waals surface area contributed by atoms with Crippen molar-refractivity contribution >= 4 is 11.5 Å². The Balaban J connectivity index is 1.56. The minimum absolute atomic E-state index is 0.0945. The van der Waals surface area contributed by atoms with Gasteiger partial charge in [-0.05, 0) is 0 Å². The van der Waals surface area contributed by atoms with E-state index in [4.69, 9.17) is 0 Å². The van der Waals surface area contributed by atoms with Crippen LogP contribution in [0.5, 0.6) is 0 Å². The highest BCUT2D eigenvalue weighted by molar-refractivity contribution is 5.37. The van der Waals surface area contributed by atoms with Crippen LogP contribution in [0.4, 0.5) is 11.5 Å². The fourth-order valence-corrected chi connectivity index (χ4v) is 2.84. The Bertz CT molecular complexity index is 622. The molecule has 1 aliphatic heterocycles. The molecule has 0 spiro atoms. The van der Waals surface area contributed by atoms with E-state index < -0.39 is 0 Å². The van der Waals surface area contributed by atoms with Gasteiger partial charge in [0, 0.05) is 17.7 Å². The summed E-state index contributed by atoms with van der Waals surface area (Å²) in [5, 5.41) is 10.7. The number of piperazine rings is 1. The monoisotopic (exact) mass is 300 g/mol. The molecule has 114 valence electrons. The average Bonchev–Trinajstić information content (AvgIpc) is 2.57. The molecule has 22 heavy (non-hydrogen) atoms. The second-order valence-corrected chi connectivity index (χ2v) is 5.59. The lowest BCUT2D eigenvalue weighted by Crippen LogP contribution is -3.13. The van der Waals surface area contributed by atoms with E-state index >= 15 is 0 Å². The zero-order chi connectivity index (χ0) is 15.4. The van der Waals surface area contributed by atoms with Gasteiger partial charge in [-0.3, -0.25) is 15.0 Å². The SMILES string of the molecule is O=[N+]([O-])c1ccc(N2CC[NH+](Cc3ccccc3)CC2)[nH+]c1. The van der Waals surface area contributed by atoms with Gasteiger partial charge in [0.2, 0.25) is 0 Å². The number of benzene rings is 1. The number of rotatable bonds is 4. The molecule has 6 heteroatoms. The van der Waals surface area contributed by atoms with Crippen LogP contribution < -0.4 is 14.8 Å². The second-order valence-electron chi connectivity index (χ2n) is 5.59. The molecule has 1 aliphatic rings. The van der Waals surface area contributed by atoms with Gasteiger partial charge in [0.15, 0.2) is 6.20 Å². The van der Waals surface area contributed by atoms with E-state index in [1.807, 2.05) is 6.07 Å². The van der Waals surface area contributed by atoms with E-state index in [0.29, 0.717) is 0 Å². The summed E-state index contributed by atoms with van der Waals surface area (Å²) in [6.07, 6.45) is 1.46. The summed E-state index contributed by atoms with van der Waals surface area (Å²) in [4.78, 5) is 17.1. The van der Waals surface area contributed by atoms with Crippen molar-refractivity contribution in [2.75, 3.05) is 31.1 Å². The predicted octanol–water partition coefficient (Wildman–Crippen LogP) is 0.314. The Morgan fingerprint density at radius 2 is 1.86 bits per heavy atom. The van der Waals surface area contributed by atoms with Crippen LogP contribution in [0.25, 0.3) is 0 Å². The maximum atomic E-state index is 10.7. The first-order valence-corrected chi connectivity index (χ1v) is 7.51. The number of nitrogens with zero attached hydrogens (tertiary/aromatic N) is 2. The smallest absolute Gasteiger partial charge is 0.308 e. The van der Waals surface area contributed by atoms with Gasteiger partial charge in [-0.25, -0.2) is 4.98 Å². The van der Waals surface area contributed by atoms with E-state index in [0.717, 1.165) is 38.5 Å². The number of pyridine rings is 1. The van der Waals surface area contributed by atoms with Gasteiger partial charge in [0.25, 0.3) is 5.82 Å². The third kappa shape index (κ3) is 3.40. The molecule has 2 N–H and O–H groups in total. The molecule has 0 unspecified atom stereocenters. The summed E-state index contributed by atoms with van der Waals surface area (Å²) in [6, 6.07) is 13.9. The van der Waals surface area contributed by atoms with E-state index in [2.05, 4.69) is 34.1 Å². The number of aromatic amines is 1. The van der Waals surface area contributed by atoms with Crippen molar-refractivity contribution < 1.29 is 14.8 Å². The Kier molecular flexibility index (Phi) is 4.29. The lowest BCUT2D eigenvalue weighted by Gasteiger charge is -2.28. The number of nitro groups is 1. The third-order valence-corrected chi connectivity index (χ3v) is 4.10. The molecule has 0 aliphatic carbocycles. The minimum atomic E-state index is -0.387. The molecule has 1 saturated heterocycles. The summed E-state index contributed by atoms with van der Waals surface area (Å²) in [6.45, 7) is 5.10. The fourth-order valence-electron chi connectivity index (χ4n) is 2.84. The van der Waals surface area contributed by atoms with Crippen LogP contribution in [0.3, 0.4) is 0 Å². The molecule has 3 rings (SSSR count). The van der Waals surface area contributed by atoms with Crippen LogP contribution >= 0.6 is 0 Å². The van der Waals surface area contributed by atoms with Gasteiger partial charge in [-0.15, -0.1) is 0 Å². The second kappa shape index (κ2) is 6.53. The molecule has 0 amide bonds. The number of hydrogen-bond acceptors (Lipinski definition) is 3. The molecule has 2 aromatic rings. The fraction of sp³-hybridized carbons (Fsp3) is 0.312. The highest BCUT2D eigenvalue weighted by Gasteiger charge is 2.26. The zero-order valence-corrected chi connectivity index (χ0v) is 12.4. The number of quaternary nitrogens is 1. The quantitative estimate of drug-likeness (QED) is 0.653. The third-order valence-electron chi connectivity index (χ3n) is 4.10. The Labute approximate surface area is 129 Å². The molecular formula is C16H20N4O2+2. The maximum absolute atomic E-state index is 10.7. The van der Waals surface area contributed by atoms with Gasteiger partial charge in [0.05, 0.1) is 4.92 Å². The van der Waals surface area contributed by atoms with Crippen LogP contribution in [0.15, 0.2) is 48.7 Å². The first-order valence-electron chi connectivity index (χ1n) is 7.51. The molecule has 0 bridgehead atoms. The highest BCUT2D eigenvalue weighted by atomic mass is 16.6. The molecule has 1 aromatic heterocycles. The van der Waals surface area contributed by atoms with Gasteiger partial charge in [0.1, 0.15) is 32.7 Å². The Morgan fingerprint density at radius 3 is 2.45 bits per heavy atom. The molecule has 0 saturated carbocycles. The number of H-pyrrole nitrogens is 1. The van der Waals surface area contributed by atoms with Crippen LogP contribution in [0.1, 0.15) is 5.56 Å². The summed E-state index contributed by atoms with van der Waals surface area (Å²) < 4.78 is 0. The van der Waals surface area contributed by atoms with Crippen molar-refractivity contribution in [2.24, 2.45) is 0 Å². The molecular weight excluding hydrogens is 280 g/mol. The Morgan fingerprint density at radius 1 is 1.14 bits per heavy atom. The van der Waals surface area contributed by atoms with E-state index in [9.17, 15) is 10.1 Å². The van der Waals surface area contributed by atoms with Crippen molar-refractivity contribution in [3.05, 3.63) is 64.3 Å². The first kappa shape index (κ1) is 14.5. The van der Waals surface area contributed by atoms with Crippen LogP contribution in [0, 0.1) is 10.1 Å². The van der Waals surface area contributed by atoms with Crippen LogP contribution in [-0.2, 0) is 6.54 Å². The first-order chi connectivity index (χ1) is 10.7. The number of nitrogens with one attached hydrogen (secondary N) is 2. The normalized spacial score (nSPS) is 15.7. The lowest BCUT2D eigenvalue weighted by atomic mass is 10.2. The summed E-state index contributed by atoms with van der Waals surface area (Å²) in [7, 11) is 0. The van der Waals surface area contributed by atoms with Crippen molar-refractivity contribution in [1.82, 2.24) is 0 Å². The number of anilines is 1. The number of aromatic nitrogens is 1. The van der Waals surface area contributed by atoms with E-state index in [1.165, 1.54) is 11.8 Å². The molecule has 0 radical (unpaired) electrons. The summed E-state index contributed by atoms with van der Waals surface area (Å²) >= 11 is 0. The minimum Gasteiger partial charge on any atom is -0.325 e. The van der Waals surface area contributed by atoms with E-state index in [1.54, 1.807) is 17.0 Å². The highest BCUT2D eigenvalue weighted by Crippen LogP contribution is 2.12. The largest absolute Gasteiger partial charge is 0.325 e. The van der Waals surface area contributed by atoms with Crippen molar-refractivity contribution in [2.45, 2.75) is 6.54 Å². The molecule has 2 heterocycles. The van der Waals surface area contributed by atoms with E-state index in [-0.39, 0.29) is 10.6 Å². The summed E-state index contributed by atoms with van der Waals surface area (Å²) in [5.74, 6) is 0.948. The van der Waals surface area contributed by atoms with Crippen molar-refractivity contribution in [3.63, 3.8) is 0 Å². The van der Waals surface area contributed by atoms with Gasteiger partial charge in [-0.2, -0.15) is 0 Å². The molecule has 1 aromatic carbocycles. The van der Waals surface area contributed by atoms with Gasteiger partial charge in [-0.1, -0.05) is 30.3 Å². The van der Waals surface area contributed by atoms with Crippen LogP contribution in [0.2, 0.25) is 0 Å². The standard InChI is InChI=1S/C16H18N4O2/c21-20(22)15-6-7-16(17-12-15)19-10-8-18(9-11-19)13-14-4-2-1-3-5-14/h1-7,12H,8-11,13H2/p+2. The topological polar surface area (TPSA) is 65.0 Å². The molecule has 6 nitrogen and oxygen atoms in total. The zero-order valence-electron chi connectivity index (χ0n) is 12.4. The number of hydrogen-bond donors (Lipinski definition) is 1. The van der Waals surface area contributed by atoms with Gasteiger partial charge >= 0.3 is 5.69 Å². The van der Waals surface area contributed by atoms with Gasteiger partial charge < -0.3 is 4.90 Å². The van der Waals surface area contributed by atoms with Crippen molar-refractivity contribution in [3.8, 4) is 0 Å². The predicted molar refractivity (Wildman–Crippen MR) is 82.7 cm³/mol. The molecule has 0 atom stereocenters.